The van der Waals surface area contributed by atoms with E-state index < -0.39 is 9.84 Å². The monoisotopic (exact) mass is 402 g/mol. The first-order chi connectivity index (χ1) is 13.2. The molecule has 0 unspecified atom stereocenters. The van der Waals surface area contributed by atoms with E-state index in [4.69, 9.17) is 0 Å². The molecular formula is C22H30N2O3S. The molecule has 5 nitrogen and oxygen atoms in total. The van der Waals surface area contributed by atoms with Gasteiger partial charge in [-0.3, -0.25) is 9.69 Å². The molecule has 152 valence electrons. The topological polar surface area (TPSA) is 66.5 Å². The van der Waals surface area contributed by atoms with Crippen molar-refractivity contribution in [3.8, 4) is 0 Å². The Labute approximate surface area is 168 Å². The highest BCUT2D eigenvalue weighted by Gasteiger charge is 2.17. The van der Waals surface area contributed by atoms with Crippen molar-refractivity contribution in [3.63, 3.8) is 0 Å². The Kier molecular flexibility index (Phi) is 7.78. The Balaban J connectivity index is 2.01. The predicted molar refractivity (Wildman–Crippen MR) is 113 cm³/mol. The van der Waals surface area contributed by atoms with Crippen molar-refractivity contribution in [2.45, 2.75) is 50.4 Å². The van der Waals surface area contributed by atoms with Gasteiger partial charge >= 0.3 is 0 Å². The number of hydrogen-bond donors (Lipinski definition) is 1. The third kappa shape index (κ3) is 6.17. The number of sulfone groups is 1. The summed E-state index contributed by atoms with van der Waals surface area (Å²) in [5, 5.41) is 2.93. The van der Waals surface area contributed by atoms with E-state index >= 15 is 0 Å². The summed E-state index contributed by atoms with van der Waals surface area (Å²) >= 11 is 0. The van der Waals surface area contributed by atoms with Gasteiger partial charge in [0.05, 0.1) is 10.6 Å². The highest BCUT2D eigenvalue weighted by Crippen LogP contribution is 2.17. The fourth-order valence-corrected chi connectivity index (χ4v) is 4.60. The second kappa shape index (κ2) is 9.85. The number of nitrogens with one attached hydrogen (secondary N) is 1. The van der Waals surface area contributed by atoms with Crippen LogP contribution in [0.1, 0.15) is 43.6 Å². The summed E-state index contributed by atoms with van der Waals surface area (Å²) in [6, 6.07) is 16.0. The van der Waals surface area contributed by atoms with E-state index in [0.717, 1.165) is 6.54 Å². The summed E-state index contributed by atoms with van der Waals surface area (Å²) < 4.78 is 25.1. The van der Waals surface area contributed by atoms with Crippen molar-refractivity contribution in [2.24, 2.45) is 0 Å². The van der Waals surface area contributed by atoms with Crippen LogP contribution in [0.3, 0.4) is 0 Å². The molecule has 0 fully saturated rings. The van der Waals surface area contributed by atoms with E-state index in [1.807, 2.05) is 0 Å². The van der Waals surface area contributed by atoms with Gasteiger partial charge < -0.3 is 5.32 Å². The molecule has 0 bridgehead atoms. The van der Waals surface area contributed by atoms with Crippen LogP contribution < -0.4 is 5.32 Å². The normalized spacial score (nSPS) is 12.0. The molecule has 0 spiro atoms. The van der Waals surface area contributed by atoms with E-state index in [-0.39, 0.29) is 16.6 Å². The Hall–Kier alpha value is -2.18. The molecule has 0 aliphatic rings. The fraction of sp³-hybridized carbons (Fsp3) is 0.409. The molecule has 0 saturated carbocycles. The van der Waals surface area contributed by atoms with Crippen LogP contribution >= 0.6 is 0 Å². The molecule has 0 radical (unpaired) electrons. The van der Waals surface area contributed by atoms with Crippen LogP contribution in [-0.4, -0.2) is 44.4 Å². The summed E-state index contributed by atoms with van der Waals surface area (Å²) in [4.78, 5) is 15.1. The van der Waals surface area contributed by atoms with Gasteiger partial charge in [-0.05, 0) is 57.5 Å². The summed E-state index contributed by atoms with van der Waals surface area (Å²) in [5.41, 5.74) is 1.07. The van der Waals surface area contributed by atoms with Crippen LogP contribution in [-0.2, 0) is 15.6 Å². The lowest BCUT2D eigenvalue weighted by atomic mass is 10.1. The van der Waals surface area contributed by atoms with Gasteiger partial charge in [0.15, 0.2) is 9.84 Å². The van der Waals surface area contributed by atoms with E-state index in [1.54, 1.807) is 54.6 Å². The number of rotatable bonds is 9. The molecule has 0 aromatic heterocycles. The SMILES string of the molecule is CC(C)N(CCNC(=O)c1cccc(CS(=O)(=O)c2ccccc2)c1)C(C)C. The zero-order valence-electron chi connectivity index (χ0n) is 17.1. The smallest absolute Gasteiger partial charge is 0.251 e. The molecule has 0 heterocycles. The maximum atomic E-state index is 12.6. The minimum Gasteiger partial charge on any atom is -0.351 e. The number of benzene rings is 2. The molecule has 2 rings (SSSR count). The molecule has 0 aliphatic heterocycles. The highest BCUT2D eigenvalue weighted by atomic mass is 32.2. The van der Waals surface area contributed by atoms with Crippen LogP contribution in [0.5, 0.6) is 0 Å². The lowest BCUT2D eigenvalue weighted by molar-refractivity contribution is 0.0939. The molecule has 1 amide bonds. The quantitative estimate of drug-likeness (QED) is 0.697. The summed E-state index contributed by atoms with van der Waals surface area (Å²) in [5.74, 6) is -0.321. The second-order valence-corrected chi connectivity index (χ2v) is 9.44. The van der Waals surface area contributed by atoms with Crippen molar-refractivity contribution in [1.29, 1.82) is 0 Å². The lowest BCUT2D eigenvalue weighted by Gasteiger charge is -2.30. The highest BCUT2D eigenvalue weighted by molar-refractivity contribution is 7.90. The molecule has 0 atom stereocenters. The molecule has 6 heteroatoms. The van der Waals surface area contributed by atoms with E-state index in [1.165, 1.54) is 0 Å². The maximum absolute atomic E-state index is 12.6. The molecular weight excluding hydrogens is 372 g/mol. The van der Waals surface area contributed by atoms with Crippen molar-refractivity contribution in [1.82, 2.24) is 10.2 Å². The van der Waals surface area contributed by atoms with Crippen LogP contribution in [0.4, 0.5) is 0 Å². The van der Waals surface area contributed by atoms with Gasteiger partial charge in [-0.25, -0.2) is 8.42 Å². The van der Waals surface area contributed by atoms with Crippen LogP contribution in [0.25, 0.3) is 0 Å². The summed E-state index contributed by atoms with van der Waals surface area (Å²) in [6.07, 6.45) is 0. The third-order valence-corrected chi connectivity index (χ3v) is 6.33. The zero-order chi connectivity index (χ0) is 20.7. The number of hydrogen-bond acceptors (Lipinski definition) is 4. The van der Waals surface area contributed by atoms with E-state index in [9.17, 15) is 13.2 Å². The van der Waals surface area contributed by atoms with Gasteiger partial charge in [-0.2, -0.15) is 0 Å². The lowest BCUT2D eigenvalue weighted by Crippen LogP contribution is -2.42. The molecule has 2 aromatic carbocycles. The largest absolute Gasteiger partial charge is 0.351 e. The van der Waals surface area contributed by atoms with Crippen molar-refractivity contribution < 1.29 is 13.2 Å². The Morgan fingerprint density at radius 1 is 0.964 bits per heavy atom. The first kappa shape index (κ1) is 22.1. The number of amides is 1. The summed E-state index contributed by atoms with van der Waals surface area (Å²) in [7, 11) is -3.44. The number of nitrogens with zero attached hydrogens (tertiary/aromatic N) is 1. The summed E-state index contributed by atoms with van der Waals surface area (Å²) in [6.45, 7) is 9.86. The molecule has 0 saturated heterocycles. The number of carbonyl (C=O) groups is 1. The molecule has 2 aromatic rings. The van der Waals surface area contributed by atoms with Gasteiger partial charge in [0.2, 0.25) is 0 Å². The Morgan fingerprint density at radius 2 is 1.61 bits per heavy atom. The number of carbonyl (C=O) groups excluding carboxylic acids is 1. The van der Waals surface area contributed by atoms with Gasteiger partial charge in [-0.1, -0.05) is 30.3 Å². The Bertz CT molecular complexity index is 870. The van der Waals surface area contributed by atoms with Gasteiger partial charge in [0.25, 0.3) is 5.91 Å². The first-order valence-electron chi connectivity index (χ1n) is 9.61. The third-order valence-electron chi connectivity index (χ3n) is 4.63. The van der Waals surface area contributed by atoms with Gasteiger partial charge in [0.1, 0.15) is 0 Å². The molecule has 0 aliphatic carbocycles. The van der Waals surface area contributed by atoms with E-state index in [2.05, 4.69) is 37.9 Å². The van der Waals surface area contributed by atoms with E-state index in [0.29, 0.717) is 29.8 Å². The second-order valence-electron chi connectivity index (χ2n) is 7.45. The minimum atomic E-state index is -3.44. The first-order valence-corrected chi connectivity index (χ1v) is 11.3. The average molecular weight is 403 g/mol. The molecule has 28 heavy (non-hydrogen) atoms. The Morgan fingerprint density at radius 3 is 2.21 bits per heavy atom. The standard InChI is InChI=1S/C22H30N2O3S/c1-17(2)24(18(3)4)14-13-23-22(25)20-10-8-9-19(15-20)16-28(26,27)21-11-6-5-7-12-21/h5-12,15,17-18H,13-14,16H2,1-4H3,(H,23,25). The predicted octanol–water partition coefficient (Wildman–Crippen LogP) is 3.51. The molecule has 1 N–H and O–H groups in total. The van der Waals surface area contributed by atoms with Crippen LogP contribution in [0, 0.1) is 0 Å². The van der Waals surface area contributed by atoms with Crippen molar-refractivity contribution in [2.75, 3.05) is 13.1 Å². The fourth-order valence-electron chi connectivity index (χ4n) is 3.25. The minimum absolute atomic E-state index is 0.132. The van der Waals surface area contributed by atoms with Crippen LogP contribution in [0.2, 0.25) is 0 Å². The maximum Gasteiger partial charge on any atom is 0.251 e. The zero-order valence-corrected chi connectivity index (χ0v) is 17.9. The van der Waals surface area contributed by atoms with Gasteiger partial charge in [-0.15, -0.1) is 0 Å². The van der Waals surface area contributed by atoms with Crippen molar-refractivity contribution >= 4 is 15.7 Å². The van der Waals surface area contributed by atoms with Crippen molar-refractivity contribution in [3.05, 3.63) is 65.7 Å². The average Bonchev–Trinajstić information content (AvgIpc) is 2.65. The van der Waals surface area contributed by atoms with Gasteiger partial charge in [0, 0.05) is 30.7 Å². The van der Waals surface area contributed by atoms with Crippen LogP contribution in [0.15, 0.2) is 59.5 Å².